The lowest BCUT2D eigenvalue weighted by Crippen LogP contribution is -2.06. The number of pyridine rings is 1. The van der Waals surface area contributed by atoms with Gasteiger partial charge in [-0.15, -0.1) is 10.2 Å². The highest BCUT2D eigenvalue weighted by atomic mass is 19.2. The molecule has 0 bridgehead atoms. The average Bonchev–Trinajstić information content (AvgIpc) is 2.86. The molecule has 0 aliphatic rings. The first-order chi connectivity index (χ1) is 9.91. The van der Waals surface area contributed by atoms with Crippen LogP contribution in [0.3, 0.4) is 0 Å². The van der Waals surface area contributed by atoms with E-state index < -0.39 is 40.5 Å². The summed E-state index contributed by atoms with van der Waals surface area (Å²) in [4.78, 5) is 0. The van der Waals surface area contributed by atoms with Gasteiger partial charge in [0, 0.05) is 11.9 Å². The summed E-state index contributed by atoms with van der Waals surface area (Å²) in [6.07, 6.45) is 1.21. The van der Waals surface area contributed by atoms with Gasteiger partial charge >= 0.3 is 0 Å². The van der Waals surface area contributed by atoms with Crippen molar-refractivity contribution in [2.24, 2.45) is 0 Å². The lowest BCUT2D eigenvalue weighted by Gasteiger charge is -2.07. The number of aromatic nitrogens is 3. The van der Waals surface area contributed by atoms with E-state index in [1.807, 2.05) is 0 Å². The molecular formula is C12H5F5N4. The number of hydrogen-bond donors (Lipinski definition) is 1. The number of anilines is 1. The molecule has 0 spiro atoms. The quantitative estimate of drug-likeness (QED) is 0.427. The molecule has 0 aliphatic heterocycles. The molecule has 0 saturated carbocycles. The monoisotopic (exact) mass is 300 g/mol. The lowest BCUT2D eigenvalue weighted by molar-refractivity contribution is 0.380. The molecule has 21 heavy (non-hydrogen) atoms. The van der Waals surface area contributed by atoms with Gasteiger partial charge in [0.1, 0.15) is 0 Å². The van der Waals surface area contributed by atoms with E-state index in [0.29, 0.717) is 0 Å². The Morgan fingerprint density at radius 3 is 2.00 bits per heavy atom. The molecule has 2 aromatic heterocycles. The SMILES string of the molecule is Nc1ccc2nnc(-c3c(F)c(F)c(F)c(F)c3F)n2c1. The zero-order chi connectivity index (χ0) is 15.3. The minimum Gasteiger partial charge on any atom is -0.398 e. The Bertz CT molecular complexity index is 845. The summed E-state index contributed by atoms with van der Waals surface area (Å²) in [5.74, 6) is -10.8. The van der Waals surface area contributed by atoms with E-state index in [1.165, 1.54) is 18.3 Å². The van der Waals surface area contributed by atoms with Crippen LogP contribution in [0.25, 0.3) is 17.0 Å². The van der Waals surface area contributed by atoms with Crippen molar-refractivity contribution >= 4 is 11.3 Å². The Balaban J connectivity index is 2.41. The summed E-state index contributed by atoms with van der Waals surface area (Å²) in [7, 11) is 0. The third-order valence-electron chi connectivity index (χ3n) is 2.86. The fourth-order valence-electron chi connectivity index (χ4n) is 1.88. The van der Waals surface area contributed by atoms with Crippen LogP contribution in [-0.4, -0.2) is 14.6 Å². The van der Waals surface area contributed by atoms with Gasteiger partial charge in [0.05, 0.1) is 5.56 Å². The Labute approximate surface area is 113 Å². The van der Waals surface area contributed by atoms with E-state index in [2.05, 4.69) is 10.2 Å². The number of nitrogens with two attached hydrogens (primary N) is 1. The largest absolute Gasteiger partial charge is 0.398 e. The molecule has 0 fully saturated rings. The molecule has 0 saturated heterocycles. The van der Waals surface area contributed by atoms with Crippen LogP contribution in [0.1, 0.15) is 0 Å². The third-order valence-corrected chi connectivity index (χ3v) is 2.86. The summed E-state index contributed by atoms with van der Waals surface area (Å²) in [6.45, 7) is 0. The van der Waals surface area contributed by atoms with Gasteiger partial charge in [-0.05, 0) is 12.1 Å². The number of hydrogen-bond acceptors (Lipinski definition) is 3. The van der Waals surface area contributed by atoms with E-state index >= 15 is 0 Å². The molecular weight excluding hydrogens is 295 g/mol. The molecule has 9 heteroatoms. The van der Waals surface area contributed by atoms with E-state index in [-0.39, 0.29) is 11.3 Å². The normalized spacial score (nSPS) is 11.3. The Morgan fingerprint density at radius 2 is 1.38 bits per heavy atom. The van der Waals surface area contributed by atoms with Crippen molar-refractivity contribution in [1.29, 1.82) is 0 Å². The average molecular weight is 300 g/mol. The summed E-state index contributed by atoms with van der Waals surface area (Å²) < 4.78 is 68.0. The second-order valence-corrected chi connectivity index (χ2v) is 4.16. The maximum absolute atomic E-state index is 13.8. The van der Waals surface area contributed by atoms with Crippen LogP contribution in [0.15, 0.2) is 18.3 Å². The van der Waals surface area contributed by atoms with Crippen molar-refractivity contribution in [2.45, 2.75) is 0 Å². The topological polar surface area (TPSA) is 56.2 Å². The standard InChI is InChI=1S/C12H5F5N4/c13-7-6(8(14)10(16)11(17)9(7)15)12-20-19-5-2-1-4(18)3-21(5)12/h1-3H,18H2. The van der Waals surface area contributed by atoms with Gasteiger partial charge < -0.3 is 5.73 Å². The number of fused-ring (bicyclic) bond motifs is 1. The van der Waals surface area contributed by atoms with Crippen molar-refractivity contribution in [3.63, 3.8) is 0 Å². The van der Waals surface area contributed by atoms with Crippen molar-refractivity contribution in [3.8, 4) is 11.4 Å². The van der Waals surface area contributed by atoms with Gasteiger partial charge in [0.2, 0.25) is 5.82 Å². The summed E-state index contributed by atoms with van der Waals surface area (Å²) in [5, 5.41) is 7.05. The molecule has 0 aliphatic carbocycles. The van der Waals surface area contributed by atoms with Gasteiger partial charge in [-0.1, -0.05) is 0 Å². The summed E-state index contributed by atoms with van der Waals surface area (Å²) in [5.41, 5.74) is 4.70. The minimum absolute atomic E-state index is 0.142. The third kappa shape index (κ3) is 1.81. The molecule has 1 aromatic carbocycles. The van der Waals surface area contributed by atoms with Gasteiger partial charge in [0.15, 0.2) is 34.7 Å². The summed E-state index contributed by atoms with van der Waals surface area (Å²) in [6, 6.07) is 2.84. The van der Waals surface area contributed by atoms with Gasteiger partial charge in [-0.2, -0.15) is 0 Å². The second kappa shape index (κ2) is 4.40. The number of benzene rings is 1. The number of rotatable bonds is 1. The highest BCUT2D eigenvalue weighted by Crippen LogP contribution is 2.30. The molecule has 0 amide bonds. The maximum Gasteiger partial charge on any atom is 0.200 e. The Hall–Kier alpha value is -2.71. The zero-order valence-electron chi connectivity index (χ0n) is 10.0. The second-order valence-electron chi connectivity index (χ2n) is 4.16. The number of nitrogens with zero attached hydrogens (tertiary/aromatic N) is 3. The fourth-order valence-corrected chi connectivity index (χ4v) is 1.88. The summed E-state index contributed by atoms with van der Waals surface area (Å²) >= 11 is 0. The van der Waals surface area contributed by atoms with Crippen LogP contribution in [0.5, 0.6) is 0 Å². The van der Waals surface area contributed by atoms with Crippen LogP contribution < -0.4 is 5.73 Å². The first kappa shape index (κ1) is 13.3. The van der Waals surface area contributed by atoms with E-state index in [1.54, 1.807) is 0 Å². The smallest absolute Gasteiger partial charge is 0.200 e. The van der Waals surface area contributed by atoms with E-state index in [4.69, 9.17) is 5.73 Å². The van der Waals surface area contributed by atoms with E-state index in [0.717, 1.165) is 4.40 Å². The predicted molar refractivity (Wildman–Crippen MR) is 62.6 cm³/mol. The van der Waals surface area contributed by atoms with Crippen molar-refractivity contribution in [3.05, 3.63) is 47.4 Å². The molecule has 3 rings (SSSR count). The Kier molecular flexibility index (Phi) is 2.78. The van der Waals surface area contributed by atoms with Crippen LogP contribution >= 0.6 is 0 Å². The predicted octanol–water partition coefficient (Wildman–Crippen LogP) is 2.67. The molecule has 0 atom stereocenters. The fraction of sp³-hybridized carbons (Fsp3) is 0. The molecule has 108 valence electrons. The van der Waals surface area contributed by atoms with Crippen molar-refractivity contribution < 1.29 is 22.0 Å². The minimum atomic E-state index is -2.23. The number of nitrogen functional groups attached to an aromatic ring is 1. The first-order valence-corrected chi connectivity index (χ1v) is 5.54. The van der Waals surface area contributed by atoms with Gasteiger partial charge in [0.25, 0.3) is 0 Å². The molecule has 2 heterocycles. The lowest BCUT2D eigenvalue weighted by atomic mass is 10.1. The molecule has 3 aromatic rings. The van der Waals surface area contributed by atoms with Crippen LogP contribution in [-0.2, 0) is 0 Å². The van der Waals surface area contributed by atoms with E-state index in [9.17, 15) is 22.0 Å². The van der Waals surface area contributed by atoms with Crippen LogP contribution in [0.2, 0.25) is 0 Å². The van der Waals surface area contributed by atoms with Crippen LogP contribution in [0.4, 0.5) is 27.6 Å². The number of halogens is 5. The van der Waals surface area contributed by atoms with Gasteiger partial charge in [-0.3, -0.25) is 4.40 Å². The first-order valence-electron chi connectivity index (χ1n) is 5.54. The zero-order valence-corrected chi connectivity index (χ0v) is 10.0. The molecule has 4 nitrogen and oxygen atoms in total. The maximum atomic E-state index is 13.8. The van der Waals surface area contributed by atoms with Crippen LogP contribution in [0, 0.1) is 29.1 Å². The van der Waals surface area contributed by atoms with Crippen molar-refractivity contribution in [2.75, 3.05) is 5.73 Å². The highest BCUT2D eigenvalue weighted by molar-refractivity contribution is 5.62. The van der Waals surface area contributed by atoms with Gasteiger partial charge in [-0.25, -0.2) is 22.0 Å². The molecule has 2 N–H and O–H groups in total. The molecule has 0 unspecified atom stereocenters. The molecule has 0 radical (unpaired) electrons. The van der Waals surface area contributed by atoms with Crippen molar-refractivity contribution in [1.82, 2.24) is 14.6 Å². The Morgan fingerprint density at radius 1 is 0.810 bits per heavy atom. The highest BCUT2D eigenvalue weighted by Gasteiger charge is 2.29.